The molecule has 0 radical (unpaired) electrons. The molecule has 8 heteroatoms. The maximum Gasteiger partial charge on any atom is 0.405 e. The van der Waals surface area contributed by atoms with Gasteiger partial charge in [-0.2, -0.15) is 13.2 Å². The topological polar surface area (TPSA) is 51.2 Å². The number of hydrogen-bond acceptors (Lipinski definition) is 4. The summed E-state index contributed by atoms with van der Waals surface area (Å²) in [4.78, 5) is 17.0. The number of alkyl halides is 3. The van der Waals surface area contributed by atoms with Crippen molar-refractivity contribution in [2.24, 2.45) is 0 Å². The summed E-state index contributed by atoms with van der Waals surface area (Å²) < 4.78 is 41.7. The van der Waals surface area contributed by atoms with Gasteiger partial charge in [0.1, 0.15) is 23.9 Å². The summed E-state index contributed by atoms with van der Waals surface area (Å²) >= 11 is 1.54. The van der Waals surface area contributed by atoms with Crippen LogP contribution in [0.25, 0.3) is 0 Å². The molecule has 0 fully saturated rings. The number of amides is 1. The number of nitrogens with zero attached hydrogens (tertiary/aromatic N) is 1. The van der Waals surface area contributed by atoms with Gasteiger partial charge < -0.3 is 10.1 Å². The van der Waals surface area contributed by atoms with E-state index in [1.807, 2.05) is 19.2 Å². The monoisotopic (exact) mass is 344 g/mol. The standard InChI is InChI=1S/C15H15F3N2O2S/c1-9-10(2)23-13(20-9)7-22-12-5-3-11(4-6-12)14(21)19-8-15(16,17)18/h3-6H,7-8H2,1-2H3,(H,19,21). The summed E-state index contributed by atoms with van der Waals surface area (Å²) in [5.74, 6) is -0.261. The second kappa shape index (κ2) is 6.99. The van der Waals surface area contributed by atoms with Gasteiger partial charge in [-0.15, -0.1) is 11.3 Å². The van der Waals surface area contributed by atoms with Crippen LogP contribution in [-0.4, -0.2) is 23.6 Å². The first-order valence-corrected chi connectivity index (χ1v) is 7.57. The van der Waals surface area contributed by atoms with Gasteiger partial charge in [-0.3, -0.25) is 4.79 Å². The Morgan fingerprint density at radius 3 is 2.43 bits per heavy atom. The van der Waals surface area contributed by atoms with Crippen LogP contribution >= 0.6 is 11.3 Å². The molecule has 1 amide bonds. The molecular formula is C15H15F3N2O2S. The number of aromatic nitrogens is 1. The van der Waals surface area contributed by atoms with E-state index in [0.717, 1.165) is 15.6 Å². The van der Waals surface area contributed by atoms with Crippen molar-refractivity contribution in [3.63, 3.8) is 0 Å². The molecule has 0 saturated carbocycles. The van der Waals surface area contributed by atoms with Crippen molar-refractivity contribution >= 4 is 17.2 Å². The molecule has 1 aromatic heterocycles. The number of hydrogen-bond donors (Lipinski definition) is 1. The summed E-state index contributed by atoms with van der Waals surface area (Å²) in [6.07, 6.45) is -4.43. The molecule has 2 aromatic rings. The van der Waals surface area contributed by atoms with Crippen molar-refractivity contribution in [3.8, 4) is 5.75 Å². The number of carbonyl (C=O) groups is 1. The lowest BCUT2D eigenvalue weighted by atomic mass is 10.2. The van der Waals surface area contributed by atoms with E-state index in [1.54, 1.807) is 11.3 Å². The Kier molecular flexibility index (Phi) is 5.25. The van der Waals surface area contributed by atoms with Crippen LogP contribution in [-0.2, 0) is 6.61 Å². The molecule has 0 aliphatic carbocycles. The van der Waals surface area contributed by atoms with Crippen molar-refractivity contribution < 1.29 is 22.7 Å². The smallest absolute Gasteiger partial charge is 0.405 e. The fourth-order valence-electron chi connectivity index (χ4n) is 1.73. The van der Waals surface area contributed by atoms with Gasteiger partial charge in [0.25, 0.3) is 5.91 Å². The Bertz CT molecular complexity index is 662. The average Bonchev–Trinajstić information content (AvgIpc) is 2.81. The third kappa shape index (κ3) is 5.24. The predicted molar refractivity (Wildman–Crippen MR) is 80.8 cm³/mol. The SMILES string of the molecule is Cc1nc(COc2ccc(C(=O)NCC(F)(F)F)cc2)sc1C. The number of thiazole rings is 1. The molecule has 124 valence electrons. The number of nitrogens with one attached hydrogen (secondary N) is 1. The van der Waals surface area contributed by atoms with Crippen LogP contribution in [0.1, 0.15) is 25.9 Å². The average molecular weight is 344 g/mol. The van der Waals surface area contributed by atoms with Gasteiger partial charge in [0.05, 0.1) is 5.69 Å². The number of ether oxygens (including phenoxy) is 1. The lowest BCUT2D eigenvalue weighted by Crippen LogP contribution is -2.33. The summed E-state index contributed by atoms with van der Waals surface area (Å²) in [5, 5.41) is 2.65. The van der Waals surface area contributed by atoms with Crippen LogP contribution < -0.4 is 10.1 Å². The molecule has 0 unspecified atom stereocenters. The van der Waals surface area contributed by atoms with E-state index in [-0.39, 0.29) is 5.56 Å². The lowest BCUT2D eigenvalue weighted by Gasteiger charge is -2.09. The van der Waals surface area contributed by atoms with E-state index in [9.17, 15) is 18.0 Å². The number of carbonyl (C=O) groups excluding carboxylic acids is 1. The van der Waals surface area contributed by atoms with Crippen LogP contribution in [0.2, 0.25) is 0 Å². The van der Waals surface area contributed by atoms with E-state index in [4.69, 9.17) is 4.74 Å². The first-order chi connectivity index (χ1) is 10.7. The van der Waals surface area contributed by atoms with Gasteiger partial charge in [0.2, 0.25) is 0 Å². The van der Waals surface area contributed by atoms with Gasteiger partial charge in [-0.05, 0) is 38.1 Å². The maximum atomic E-state index is 12.0. The molecule has 1 N–H and O–H groups in total. The van der Waals surface area contributed by atoms with E-state index in [1.165, 1.54) is 24.3 Å². The minimum absolute atomic E-state index is 0.141. The number of rotatable bonds is 5. The minimum atomic E-state index is -4.43. The zero-order valence-corrected chi connectivity index (χ0v) is 13.3. The quantitative estimate of drug-likeness (QED) is 0.901. The van der Waals surface area contributed by atoms with Gasteiger partial charge >= 0.3 is 6.18 Å². The largest absolute Gasteiger partial charge is 0.486 e. The zero-order valence-electron chi connectivity index (χ0n) is 12.5. The predicted octanol–water partition coefficient (Wildman–Crippen LogP) is 3.63. The Balaban J connectivity index is 1.90. The van der Waals surface area contributed by atoms with E-state index in [0.29, 0.717) is 12.4 Å². The first-order valence-electron chi connectivity index (χ1n) is 6.75. The molecule has 1 heterocycles. The van der Waals surface area contributed by atoms with Gasteiger partial charge in [-0.1, -0.05) is 0 Å². The molecule has 0 atom stereocenters. The van der Waals surface area contributed by atoms with Crippen molar-refractivity contribution in [2.75, 3.05) is 6.54 Å². The molecule has 4 nitrogen and oxygen atoms in total. The molecule has 2 rings (SSSR count). The lowest BCUT2D eigenvalue weighted by molar-refractivity contribution is -0.123. The molecular weight excluding hydrogens is 329 g/mol. The van der Waals surface area contributed by atoms with Crippen LogP contribution in [0.4, 0.5) is 13.2 Å². The molecule has 0 aliphatic rings. The minimum Gasteiger partial charge on any atom is -0.486 e. The second-order valence-corrected chi connectivity index (χ2v) is 6.15. The van der Waals surface area contributed by atoms with Crippen LogP contribution in [0.3, 0.4) is 0 Å². The highest BCUT2D eigenvalue weighted by Gasteiger charge is 2.27. The van der Waals surface area contributed by atoms with E-state index in [2.05, 4.69) is 4.98 Å². The summed E-state index contributed by atoms with van der Waals surface area (Å²) in [6.45, 7) is 2.85. The fourth-order valence-corrected chi connectivity index (χ4v) is 2.58. The third-order valence-corrected chi connectivity index (χ3v) is 4.05. The fraction of sp³-hybridized carbons (Fsp3) is 0.333. The summed E-state index contributed by atoms with van der Waals surface area (Å²) in [7, 11) is 0. The highest BCUT2D eigenvalue weighted by Crippen LogP contribution is 2.19. The van der Waals surface area contributed by atoms with Gasteiger partial charge in [0, 0.05) is 10.4 Å². The van der Waals surface area contributed by atoms with Gasteiger partial charge in [0.15, 0.2) is 0 Å². The molecule has 0 saturated heterocycles. The Morgan fingerprint density at radius 1 is 1.26 bits per heavy atom. The van der Waals surface area contributed by atoms with E-state index < -0.39 is 18.6 Å². The highest BCUT2D eigenvalue weighted by molar-refractivity contribution is 7.11. The molecule has 0 aliphatic heterocycles. The number of benzene rings is 1. The molecule has 23 heavy (non-hydrogen) atoms. The van der Waals surface area contributed by atoms with Crippen molar-refractivity contribution in [3.05, 3.63) is 45.4 Å². The maximum absolute atomic E-state index is 12.0. The molecule has 0 spiro atoms. The third-order valence-electron chi connectivity index (χ3n) is 3.00. The Hall–Kier alpha value is -2.09. The molecule has 1 aromatic carbocycles. The van der Waals surface area contributed by atoms with Crippen molar-refractivity contribution in [2.45, 2.75) is 26.6 Å². The Morgan fingerprint density at radius 2 is 1.91 bits per heavy atom. The van der Waals surface area contributed by atoms with Crippen molar-refractivity contribution in [1.29, 1.82) is 0 Å². The molecule has 0 bridgehead atoms. The summed E-state index contributed by atoms with van der Waals surface area (Å²) in [5.41, 5.74) is 1.10. The van der Waals surface area contributed by atoms with Crippen molar-refractivity contribution in [1.82, 2.24) is 10.3 Å². The normalized spacial score (nSPS) is 11.3. The van der Waals surface area contributed by atoms with Gasteiger partial charge in [-0.25, -0.2) is 4.98 Å². The summed E-state index contributed by atoms with van der Waals surface area (Å²) in [6, 6.07) is 5.91. The van der Waals surface area contributed by atoms with Crippen LogP contribution in [0.15, 0.2) is 24.3 Å². The van der Waals surface area contributed by atoms with E-state index >= 15 is 0 Å². The number of aryl methyl sites for hydroxylation is 2. The van der Waals surface area contributed by atoms with Crippen LogP contribution in [0.5, 0.6) is 5.75 Å². The second-order valence-electron chi connectivity index (χ2n) is 4.86. The Labute approximate surface area is 135 Å². The zero-order chi connectivity index (χ0) is 17.0. The first kappa shape index (κ1) is 17.3. The number of halogens is 3. The highest BCUT2D eigenvalue weighted by atomic mass is 32.1. The van der Waals surface area contributed by atoms with Crippen LogP contribution in [0, 0.1) is 13.8 Å².